The highest BCUT2D eigenvalue weighted by molar-refractivity contribution is 7.99. The summed E-state index contributed by atoms with van der Waals surface area (Å²) < 4.78 is 0. The number of hydrogen-bond donors (Lipinski definition) is 2. The SMILES string of the molecule is CNc1cc([N+](=O)[O-])cc(NCC2CCCCS2)n1. The topological polar surface area (TPSA) is 80.1 Å². The number of aromatic nitrogens is 1. The number of anilines is 2. The van der Waals surface area contributed by atoms with Gasteiger partial charge in [-0.2, -0.15) is 11.8 Å². The molecule has 1 atom stereocenters. The molecule has 2 heterocycles. The number of thioether (sulfide) groups is 1. The summed E-state index contributed by atoms with van der Waals surface area (Å²) in [7, 11) is 1.70. The quantitative estimate of drug-likeness (QED) is 0.638. The molecular formula is C12H18N4O2S. The second kappa shape index (κ2) is 6.60. The smallest absolute Gasteiger partial charge is 0.276 e. The first-order valence-electron chi connectivity index (χ1n) is 6.39. The molecule has 7 heteroatoms. The lowest BCUT2D eigenvalue weighted by Gasteiger charge is -2.21. The minimum atomic E-state index is -0.400. The van der Waals surface area contributed by atoms with Crippen molar-refractivity contribution in [2.24, 2.45) is 0 Å². The second-order valence-corrected chi connectivity index (χ2v) is 5.88. The third-order valence-electron chi connectivity index (χ3n) is 3.06. The van der Waals surface area contributed by atoms with Gasteiger partial charge in [-0.25, -0.2) is 4.98 Å². The first kappa shape index (κ1) is 13.9. The summed E-state index contributed by atoms with van der Waals surface area (Å²) in [6.45, 7) is 0.808. The van der Waals surface area contributed by atoms with Gasteiger partial charge in [0.05, 0.1) is 17.1 Å². The highest BCUT2D eigenvalue weighted by Crippen LogP contribution is 2.26. The highest BCUT2D eigenvalue weighted by atomic mass is 32.2. The van der Waals surface area contributed by atoms with Crippen LogP contribution in [0.5, 0.6) is 0 Å². The Balaban J connectivity index is 2.02. The van der Waals surface area contributed by atoms with Crippen molar-refractivity contribution in [2.75, 3.05) is 30.0 Å². The van der Waals surface area contributed by atoms with Crippen molar-refractivity contribution in [2.45, 2.75) is 24.5 Å². The molecule has 0 saturated carbocycles. The lowest BCUT2D eigenvalue weighted by Crippen LogP contribution is -2.20. The molecule has 1 saturated heterocycles. The van der Waals surface area contributed by atoms with Crippen LogP contribution in [0.25, 0.3) is 0 Å². The van der Waals surface area contributed by atoms with E-state index in [-0.39, 0.29) is 5.69 Å². The fourth-order valence-electron chi connectivity index (χ4n) is 2.03. The van der Waals surface area contributed by atoms with E-state index in [0.29, 0.717) is 16.9 Å². The largest absolute Gasteiger partial charge is 0.373 e. The van der Waals surface area contributed by atoms with Gasteiger partial charge in [0.2, 0.25) is 0 Å². The van der Waals surface area contributed by atoms with E-state index >= 15 is 0 Å². The minimum absolute atomic E-state index is 0.0538. The third kappa shape index (κ3) is 3.99. The van der Waals surface area contributed by atoms with E-state index in [1.807, 2.05) is 11.8 Å². The predicted molar refractivity (Wildman–Crippen MR) is 79.0 cm³/mol. The fraction of sp³-hybridized carbons (Fsp3) is 0.583. The number of nitro groups is 1. The van der Waals surface area contributed by atoms with Gasteiger partial charge in [0.1, 0.15) is 11.6 Å². The van der Waals surface area contributed by atoms with Crippen LogP contribution in [0, 0.1) is 10.1 Å². The molecule has 1 unspecified atom stereocenters. The van der Waals surface area contributed by atoms with Gasteiger partial charge in [-0.15, -0.1) is 0 Å². The maximum atomic E-state index is 10.8. The summed E-state index contributed by atoms with van der Waals surface area (Å²) in [5, 5.41) is 17.5. The Kier molecular flexibility index (Phi) is 4.84. The van der Waals surface area contributed by atoms with E-state index in [4.69, 9.17) is 0 Å². The molecule has 2 rings (SSSR count). The summed E-state index contributed by atoms with van der Waals surface area (Å²) >= 11 is 1.96. The standard InChI is InChI=1S/C12H18N4O2S/c1-13-11-6-9(16(17)18)7-12(15-11)14-8-10-4-2-3-5-19-10/h6-7,10H,2-5,8H2,1H3,(H2,13,14,15). The number of rotatable bonds is 5. The van der Waals surface area contributed by atoms with Crippen molar-refractivity contribution >= 4 is 29.1 Å². The van der Waals surface area contributed by atoms with Gasteiger partial charge in [0.15, 0.2) is 0 Å². The lowest BCUT2D eigenvalue weighted by molar-refractivity contribution is -0.384. The Morgan fingerprint density at radius 2 is 2.26 bits per heavy atom. The predicted octanol–water partition coefficient (Wildman–Crippen LogP) is 2.73. The van der Waals surface area contributed by atoms with Crippen LogP contribution in [0.2, 0.25) is 0 Å². The first-order valence-corrected chi connectivity index (χ1v) is 7.43. The van der Waals surface area contributed by atoms with E-state index < -0.39 is 4.92 Å². The van der Waals surface area contributed by atoms with E-state index in [9.17, 15) is 10.1 Å². The Hall–Kier alpha value is -1.50. The summed E-state index contributed by atoms with van der Waals surface area (Å²) in [6.07, 6.45) is 3.76. The van der Waals surface area contributed by atoms with E-state index in [1.165, 1.54) is 37.1 Å². The van der Waals surface area contributed by atoms with Gasteiger partial charge in [-0.05, 0) is 18.6 Å². The molecule has 0 aromatic carbocycles. The molecule has 1 aliphatic heterocycles. The molecule has 0 aliphatic carbocycles. The molecule has 19 heavy (non-hydrogen) atoms. The normalized spacial score (nSPS) is 18.9. The zero-order valence-corrected chi connectivity index (χ0v) is 11.7. The van der Waals surface area contributed by atoms with Crippen LogP contribution in [-0.4, -0.2) is 34.5 Å². The second-order valence-electron chi connectivity index (χ2n) is 4.47. The Labute approximate surface area is 116 Å². The molecule has 6 nitrogen and oxygen atoms in total. The molecule has 1 aromatic rings. The van der Waals surface area contributed by atoms with Gasteiger partial charge < -0.3 is 10.6 Å². The maximum Gasteiger partial charge on any atom is 0.276 e. The molecule has 0 amide bonds. The number of nitrogens with one attached hydrogen (secondary N) is 2. The van der Waals surface area contributed by atoms with Crippen molar-refractivity contribution in [3.63, 3.8) is 0 Å². The van der Waals surface area contributed by atoms with Gasteiger partial charge in [-0.1, -0.05) is 6.42 Å². The molecule has 0 radical (unpaired) electrons. The Morgan fingerprint density at radius 1 is 1.47 bits per heavy atom. The Bertz CT molecular complexity index is 449. The van der Waals surface area contributed by atoms with Crippen molar-refractivity contribution in [3.05, 3.63) is 22.2 Å². The average molecular weight is 282 g/mol. The highest BCUT2D eigenvalue weighted by Gasteiger charge is 2.15. The van der Waals surface area contributed by atoms with Crippen molar-refractivity contribution in [3.8, 4) is 0 Å². The molecular weight excluding hydrogens is 264 g/mol. The third-order valence-corrected chi connectivity index (χ3v) is 4.46. The molecule has 0 spiro atoms. The van der Waals surface area contributed by atoms with Crippen LogP contribution in [-0.2, 0) is 0 Å². The summed E-state index contributed by atoms with van der Waals surface area (Å²) in [6, 6.07) is 2.91. The maximum absolute atomic E-state index is 10.8. The number of nitrogens with zero attached hydrogens (tertiary/aromatic N) is 2. The fourth-order valence-corrected chi connectivity index (χ4v) is 3.27. The first-order chi connectivity index (χ1) is 9.19. The summed E-state index contributed by atoms with van der Waals surface area (Å²) in [5.41, 5.74) is 0.0538. The van der Waals surface area contributed by atoms with Gasteiger partial charge in [0.25, 0.3) is 5.69 Å². The number of pyridine rings is 1. The summed E-state index contributed by atoms with van der Waals surface area (Å²) in [5.74, 6) is 2.27. The van der Waals surface area contributed by atoms with Gasteiger partial charge in [-0.3, -0.25) is 10.1 Å². The van der Waals surface area contributed by atoms with Crippen LogP contribution in [0.15, 0.2) is 12.1 Å². The van der Waals surface area contributed by atoms with Crippen LogP contribution in [0.1, 0.15) is 19.3 Å². The van der Waals surface area contributed by atoms with Crippen LogP contribution >= 0.6 is 11.8 Å². The minimum Gasteiger partial charge on any atom is -0.373 e. The number of hydrogen-bond acceptors (Lipinski definition) is 6. The molecule has 104 valence electrons. The van der Waals surface area contributed by atoms with Crippen LogP contribution in [0.3, 0.4) is 0 Å². The monoisotopic (exact) mass is 282 g/mol. The van der Waals surface area contributed by atoms with Gasteiger partial charge >= 0.3 is 0 Å². The van der Waals surface area contributed by atoms with Crippen LogP contribution in [0.4, 0.5) is 17.3 Å². The zero-order valence-electron chi connectivity index (χ0n) is 10.9. The molecule has 0 bridgehead atoms. The molecule has 1 fully saturated rings. The Morgan fingerprint density at radius 3 is 2.89 bits per heavy atom. The van der Waals surface area contributed by atoms with E-state index in [1.54, 1.807) is 7.05 Å². The van der Waals surface area contributed by atoms with E-state index in [0.717, 1.165) is 6.54 Å². The van der Waals surface area contributed by atoms with Crippen molar-refractivity contribution in [1.29, 1.82) is 0 Å². The lowest BCUT2D eigenvalue weighted by atomic mass is 10.2. The van der Waals surface area contributed by atoms with Crippen molar-refractivity contribution < 1.29 is 4.92 Å². The summed E-state index contributed by atoms with van der Waals surface area (Å²) in [4.78, 5) is 14.7. The van der Waals surface area contributed by atoms with Crippen LogP contribution < -0.4 is 10.6 Å². The molecule has 1 aliphatic rings. The molecule has 2 N–H and O–H groups in total. The average Bonchev–Trinajstić information content (AvgIpc) is 2.45. The van der Waals surface area contributed by atoms with Gasteiger partial charge in [0, 0.05) is 18.8 Å². The molecule has 1 aromatic heterocycles. The van der Waals surface area contributed by atoms with E-state index in [2.05, 4.69) is 15.6 Å². The van der Waals surface area contributed by atoms with Crippen molar-refractivity contribution in [1.82, 2.24) is 4.98 Å². The zero-order chi connectivity index (χ0) is 13.7.